The standard InChI is InChI=1S/C28H33FN10O2/c1-31-7-8-35(2)27(40)19-5-6-22(20(29)16-19)37-12-9-36(10-13-37)11-14-38-18-32-25-23-17-21(24-4-3-15-41-24)34-39(23)28(30)33-26(25)38/h3-6,15-18,31H,7-14H2,1-2H3,(H2,30,33). The number of fused-ring (bicyclic) bond motifs is 3. The molecule has 5 aromatic rings. The van der Waals surface area contributed by atoms with E-state index in [4.69, 9.17) is 10.2 Å². The van der Waals surface area contributed by atoms with Gasteiger partial charge in [-0.3, -0.25) is 9.69 Å². The summed E-state index contributed by atoms with van der Waals surface area (Å²) in [4.78, 5) is 27.8. The minimum Gasteiger partial charge on any atom is -0.463 e. The fraction of sp³-hybridized carbons (Fsp3) is 0.357. The largest absolute Gasteiger partial charge is 0.463 e. The summed E-state index contributed by atoms with van der Waals surface area (Å²) in [5.74, 6) is 0.365. The molecule has 0 bridgehead atoms. The minimum absolute atomic E-state index is 0.189. The van der Waals surface area contributed by atoms with Crippen molar-refractivity contribution in [3.8, 4) is 11.5 Å². The number of anilines is 2. The molecule has 12 nitrogen and oxygen atoms in total. The summed E-state index contributed by atoms with van der Waals surface area (Å²) in [6.45, 7) is 5.66. The third-order valence-corrected chi connectivity index (χ3v) is 7.58. The summed E-state index contributed by atoms with van der Waals surface area (Å²) in [6, 6.07) is 10.3. The Balaban J connectivity index is 1.08. The zero-order valence-electron chi connectivity index (χ0n) is 23.1. The van der Waals surface area contributed by atoms with E-state index in [1.165, 1.54) is 6.07 Å². The smallest absolute Gasteiger partial charge is 0.253 e. The molecule has 3 N–H and O–H groups in total. The Labute approximate surface area is 236 Å². The highest BCUT2D eigenvalue weighted by Gasteiger charge is 2.22. The summed E-state index contributed by atoms with van der Waals surface area (Å²) in [6.07, 6.45) is 3.38. The molecule has 5 heterocycles. The lowest BCUT2D eigenvalue weighted by molar-refractivity contribution is 0.0796. The second-order valence-corrected chi connectivity index (χ2v) is 10.2. The Morgan fingerprint density at radius 1 is 1.17 bits per heavy atom. The van der Waals surface area contributed by atoms with Crippen LogP contribution in [0, 0.1) is 5.82 Å². The molecule has 0 saturated carbocycles. The van der Waals surface area contributed by atoms with E-state index in [9.17, 15) is 4.79 Å². The average molecular weight is 561 g/mol. The van der Waals surface area contributed by atoms with Crippen molar-refractivity contribution in [3.63, 3.8) is 0 Å². The number of carbonyl (C=O) groups is 1. The number of amides is 1. The quantitative estimate of drug-likeness (QED) is 0.279. The Morgan fingerprint density at radius 3 is 2.73 bits per heavy atom. The summed E-state index contributed by atoms with van der Waals surface area (Å²) in [5.41, 5.74) is 9.99. The number of nitrogen functional groups attached to an aromatic ring is 1. The van der Waals surface area contributed by atoms with Crippen molar-refractivity contribution in [2.24, 2.45) is 0 Å². The molecule has 4 aromatic heterocycles. The van der Waals surface area contributed by atoms with E-state index < -0.39 is 0 Å². The van der Waals surface area contributed by atoms with Gasteiger partial charge in [0, 0.05) is 65.0 Å². The lowest BCUT2D eigenvalue weighted by Gasteiger charge is -2.36. The SMILES string of the molecule is CNCCN(C)C(=O)c1ccc(N2CCN(CCn3cnc4c3nc(N)n3nc(-c5ccco5)cc43)CC2)c(F)c1. The maximum absolute atomic E-state index is 15.0. The normalized spacial score (nSPS) is 14.4. The molecule has 41 heavy (non-hydrogen) atoms. The van der Waals surface area contributed by atoms with Gasteiger partial charge in [0.25, 0.3) is 5.91 Å². The molecule has 0 radical (unpaired) electrons. The summed E-state index contributed by atoms with van der Waals surface area (Å²) in [5, 5.41) is 7.54. The molecule has 0 aliphatic carbocycles. The second kappa shape index (κ2) is 11.2. The first-order chi connectivity index (χ1) is 19.9. The highest BCUT2D eigenvalue weighted by atomic mass is 19.1. The molecular weight excluding hydrogens is 527 g/mol. The third kappa shape index (κ3) is 5.21. The van der Waals surface area contributed by atoms with E-state index >= 15 is 4.39 Å². The fourth-order valence-corrected chi connectivity index (χ4v) is 5.22. The van der Waals surface area contributed by atoms with Crippen LogP contribution < -0.4 is 16.0 Å². The van der Waals surface area contributed by atoms with Crippen molar-refractivity contribution in [3.05, 3.63) is 60.4 Å². The molecule has 1 aliphatic rings. The molecule has 0 atom stereocenters. The van der Waals surface area contributed by atoms with Crippen LogP contribution in [-0.2, 0) is 6.54 Å². The van der Waals surface area contributed by atoms with Crippen LogP contribution in [0.3, 0.4) is 0 Å². The van der Waals surface area contributed by atoms with Gasteiger partial charge in [0.2, 0.25) is 5.95 Å². The second-order valence-electron chi connectivity index (χ2n) is 10.2. The molecule has 0 spiro atoms. The van der Waals surface area contributed by atoms with Gasteiger partial charge in [0.1, 0.15) is 22.5 Å². The molecule has 0 unspecified atom stereocenters. The molecule has 1 fully saturated rings. The van der Waals surface area contributed by atoms with Crippen LogP contribution in [0.4, 0.5) is 16.0 Å². The molecule has 1 aromatic carbocycles. The van der Waals surface area contributed by atoms with Gasteiger partial charge in [0.05, 0.1) is 18.3 Å². The summed E-state index contributed by atoms with van der Waals surface area (Å²) >= 11 is 0. The van der Waals surface area contributed by atoms with E-state index in [1.807, 2.05) is 34.7 Å². The first kappa shape index (κ1) is 26.7. The number of imidazole rings is 1. The molecule has 6 rings (SSSR count). The highest BCUT2D eigenvalue weighted by molar-refractivity contribution is 5.94. The van der Waals surface area contributed by atoms with Crippen molar-refractivity contribution in [2.75, 3.05) is 70.5 Å². The van der Waals surface area contributed by atoms with E-state index in [0.717, 1.165) is 30.7 Å². The van der Waals surface area contributed by atoms with Gasteiger partial charge in [0.15, 0.2) is 11.4 Å². The topological polar surface area (TPSA) is 126 Å². The van der Waals surface area contributed by atoms with Gasteiger partial charge in [-0.2, -0.15) is 14.6 Å². The first-order valence-corrected chi connectivity index (χ1v) is 13.6. The van der Waals surface area contributed by atoms with Crippen molar-refractivity contribution >= 4 is 34.2 Å². The van der Waals surface area contributed by atoms with Gasteiger partial charge in [-0.15, -0.1) is 0 Å². The lowest BCUT2D eigenvalue weighted by atomic mass is 10.1. The number of rotatable bonds is 9. The first-order valence-electron chi connectivity index (χ1n) is 13.6. The number of hydrogen-bond acceptors (Lipinski definition) is 9. The van der Waals surface area contributed by atoms with Crippen molar-refractivity contribution in [1.82, 2.24) is 39.3 Å². The maximum atomic E-state index is 15.0. The van der Waals surface area contributed by atoms with Crippen LogP contribution >= 0.6 is 0 Å². The number of nitrogens with one attached hydrogen (secondary N) is 1. The number of piperazine rings is 1. The monoisotopic (exact) mass is 560 g/mol. The van der Waals surface area contributed by atoms with Crippen LogP contribution in [0.5, 0.6) is 0 Å². The van der Waals surface area contributed by atoms with E-state index in [1.54, 1.807) is 41.2 Å². The van der Waals surface area contributed by atoms with Gasteiger partial charge in [-0.25, -0.2) is 9.37 Å². The van der Waals surface area contributed by atoms with Crippen LogP contribution in [0.2, 0.25) is 0 Å². The number of likely N-dealkylation sites (N-methyl/N-ethyl adjacent to an activating group) is 2. The number of nitrogens with two attached hydrogens (primary N) is 1. The predicted molar refractivity (Wildman–Crippen MR) is 154 cm³/mol. The number of carbonyl (C=O) groups excluding carboxylic acids is 1. The average Bonchev–Trinajstić information content (AvgIpc) is 3.75. The Morgan fingerprint density at radius 2 is 2.00 bits per heavy atom. The molecule has 214 valence electrons. The summed E-state index contributed by atoms with van der Waals surface area (Å²) in [7, 11) is 3.55. The number of nitrogens with zero attached hydrogens (tertiary/aromatic N) is 8. The third-order valence-electron chi connectivity index (χ3n) is 7.58. The van der Waals surface area contributed by atoms with E-state index in [0.29, 0.717) is 61.1 Å². The fourth-order valence-electron chi connectivity index (χ4n) is 5.22. The Kier molecular flexibility index (Phi) is 7.28. The molecule has 1 saturated heterocycles. The van der Waals surface area contributed by atoms with Gasteiger partial charge < -0.3 is 29.8 Å². The minimum atomic E-state index is -0.374. The number of hydrogen-bond donors (Lipinski definition) is 2. The van der Waals surface area contributed by atoms with Crippen molar-refractivity contribution in [2.45, 2.75) is 6.54 Å². The molecular formula is C28H33FN10O2. The van der Waals surface area contributed by atoms with Crippen molar-refractivity contribution in [1.29, 1.82) is 0 Å². The van der Waals surface area contributed by atoms with Gasteiger partial charge >= 0.3 is 0 Å². The highest BCUT2D eigenvalue weighted by Crippen LogP contribution is 2.26. The van der Waals surface area contributed by atoms with Crippen LogP contribution in [-0.4, -0.2) is 99.8 Å². The van der Waals surface area contributed by atoms with Gasteiger partial charge in [-0.1, -0.05) is 0 Å². The number of furan rings is 1. The summed E-state index contributed by atoms with van der Waals surface area (Å²) < 4.78 is 24.1. The predicted octanol–water partition coefficient (Wildman–Crippen LogP) is 2.17. The van der Waals surface area contributed by atoms with Crippen molar-refractivity contribution < 1.29 is 13.6 Å². The van der Waals surface area contributed by atoms with E-state index in [-0.39, 0.29) is 17.7 Å². The number of aromatic nitrogens is 5. The molecule has 1 aliphatic heterocycles. The maximum Gasteiger partial charge on any atom is 0.253 e. The van der Waals surface area contributed by atoms with Crippen LogP contribution in [0.15, 0.2) is 53.4 Å². The molecule has 13 heteroatoms. The zero-order valence-corrected chi connectivity index (χ0v) is 23.1. The van der Waals surface area contributed by atoms with Gasteiger partial charge in [-0.05, 0) is 43.4 Å². The lowest BCUT2D eigenvalue weighted by Crippen LogP contribution is -2.47. The number of benzene rings is 1. The van der Waals surface area contributed by atoms with Crippen LogP contribution in [0.25, 0.3) is 28.1 Å². The Bertz CT molecular complexity index is 1670. The number of halogens is 1. The Hall–Kier alpha value is -4.49. The zero-order chi connectivity index (χ0) is 28.5. The molecule has 1 amide bonds. The van der Waals surface area contributed by atoms with Crippen LogP contribution in [0.1, 0.15) is 10.4 Å². The van der Waals surface area contributed by atoms with E-state index in [2.05, 4.69) is 25.3 Å².